The molecule has 1 aliphatic heterocycles. The maximum Gasteiger partial charge on any atom is 0.417 e. The van der Waals surface area contributed by atoms with Crippen LogP contribution in [0.4, 0.5) is 19.0 Å². The average molecular weight is 485 g/mol. The van der Waals surface area contributed by atoms with E-state index < -0.39 is 38.6 Å². The Labute approximate surface area is 191 Å². The minimum atomic E-state index is -4.84. The molecule has 1 aromatic heterocycles. The van der Waals surface area contributed by atoms with Gasteiger partial charge in [-0.05, 0) is 49.4 Å². The molecule has 1 amide bonds. The Balaban J connectivity index is 1.58. The number of pyridine rings is 1. The number of anilines is 1. The second-order valence-electron chi connectivity index (χ2n) is 8.25. The average Bonchev–Trinajstić information content (AvgIpc) is 2.77. The summed E-state index contributed by atoms with van der Waals surface area (Å²) in [5.74, 6) is 0.899. The van der Waals surface area contributed by atoms with Gasteiger partial charge >= 0.3 is 6.18 Å². The van der Waals surface area contributed by atoms with E-state index in [1.165, 1.54) is 13.0 Å². The van der Waals surface area contributed by atoms with E-state index in [0.717, 1.165) is 49.4 Å². The highest BCUT2D eigenvalue weighted by Gasteiger charge is 2.37. The summed E-state index contributed by atoms with van der Waals surface area (Å²) < 4.78 is 66.5. The number of halogens is 3. The van der Waals surface area contributed by atoms with Gasteiger partial charge < -0.3 is 10.2 Å². The van der Waals surface area contributed by atoms with Crippen LogP contribution in [-0.2, 0) is 27.5 Å². The van der Waals surface area contributed by atoms with Gasteiger partial charge in [0.25, 0.3) is 0 Å². The molecule has 1 aliphatic rings. The maximum atomic E-state index is 13.2. The van der Waals surface area contributed by atoms with Crippen LogP contribution in [-0.4, -0.2) is 38.4 Å². The molecule has 1 aromatic carbocycles. The van der Waals surface area contributed by atoms with Crippen LogP contribution in [0.15, 0.2) is 47.5 Å². The fraction of sp³-hybridized carbons (Fsp3) is 0.455. The zero-order valence-corrected chi connectivity index (χ0v) is 19.2. The van der Waals surface area contributed by atoms with Gasteiger partial charge in [0.1, 0.15) is 5.82 Å². The Morgan fingerprint density at radius 3 is 2.45 bits per heavy atom. The number of sulfonamides is 1. The quantitative estimate of drug-likeness (QED) is 0.629. The minimum Gasteiger partial charge on any atom is -0.357 e. The highest BCUT2D eigenvalue weighted by Crippen LogP contribution is 2.33. The van der Waals surface area contributed by atoms with E-state index in [0.29, 0.717) is 12.0 Å². The molecular weight excluding hydrogens is 457 g/mol. The van der Waals surface area contributed by atoms with E-state index in [1.807, 2.05) is 16.9 Å². The second-order valence-corrected chi connectivity index (χ2v) is 9.93. The van der Waals surface area contributed by atoms with Crippen LogP contribution >= 0.6 is 0 Å². The lowest BCUT2D eigenvalue weighted by Gasteiger charge is -2.31. The molecule has 11 heteroatoms. The van der Waals surface area contributed by atoms with Crippen molar-refractivity contribution in [3.63, 3.8) is 0 Å². The third kappa shape index (κ3) is 6.44. The standard InChI is InChI=1S/C22H27F3N4O3S/c1-15-9-11-29(12-10-15)20-8-7-17(13-26-20)14-27-21(30)16(2)28-33(31,32)19-6-4-3-5-18(19)22(23,24)25/h3-8,13,15-16,28H,9-12,14H2,1-2H3,(H,27,30)/t16-/m0/s1. The summed E-state index contributed by atoms with van der Waals surface area (Å²) in [7, 11) is -4.57. The van der Waals surface area contributed by atoms with Crippen molar-refractivity contribution in [1.82, 2.24) is 15.0 Å². The first kappa shape index (κ1) is 25.0. The summed E-state index contributed by atoms with van der Waals surface area (Å²) in [5, 5.41) is 2.58. The smallest absolute Gasteiger partial charge is 0.357 e. The van der Waals surface area contributed by atoms with Crippen LogP contribution in [0.25, 0.3) is 0 Å². The summed E-state index contributed by atoms with van der Waals surface area (Å²) in [6.45, 7) is 5.49. The fourth-order valence-electron chi connectivity index (χ4n) is 3.57. The first-order valence-electron chi connectivity index (χ1n) is 10.6. The van der Waals surface area contributed by atoms with E-state index in [1.54, 1.807) is 6.20 Å². The molecule has 2 N–H and O–H groups in total. The number of nitrogens with zero attached hydrogens (tertiary/aromatic N) is 2. The van der Waals surface area contributed by atoms with E-state index in [-0.39, 0.29) is 6.54 Å². The van der Waals surface area contributed by atoms with Crippen molar-refractivity contribution in [2.75, 3.05) is 18.0 Å². The maximum absolute atomic E-state index is 13.2. The van der Waals surface area contributed by atoms with Crippen LogP contribution in [0, 0.1) is 5.92 Å². The van der Waals surface area contributed by atoms with Crippen molar-refractivity contribution in [3.8, 4) is 0 Å². The van der Waals surface area contributed by atoms with Gasteiger partial charge in [-0.15, -0.1) is 0 Å². The summed E-state index contributed by atoms with van der Waals surface area (Å²) in [6.07, 6.45) is -0.980. The Kier molecular flexibility index (Phi) is 7.63. The first-order chi connectivity index (χ1) is 15.5. The molecule has 1 fully saturated rings. The number of hydrogen-bond acceptors (Lipinski definition) is 5. The summed E-state index contributed by atoms with van der Waals surface area (Å²) in [4.78, 5) is 18.1. The van der Waals surface area contributed by atoms with Crippen molar-refractivity contribution in [2.24, 2.45) is 5.92 Å². The Bertz CT molecular complexity index is 1070. The number of hydrogen-bond donors (Lipinski definition) is 2. The Morgan fingerprint density at radius 2 is 1.85 bits per heavy atom. The van der Waals surface area contributed by atoms with E-state index in [2.05, 4.69) is 22.1 Å². The van der Waals surface area contributed by atoms with Crippen LogP contribution in [0.2, 0.25) is 0 Å². The molecule has 0 radical (unpaired) electrons. The van der Waals surface area contributed by atoms with Crippen molar-refractivity contribution in [3.05, 3.63) is 53.7 Å². The molecule has 33 heavy (non-hydrogen) atoms. The summed E-state index contributed by atoms with van der Waals surface area (Å²) in [5.41, 5.74) is -0.575. The number of aromatic nitrogens is 1. The van der Waals surface area contributed by atoms with Crippen molar-refractivity contribution < 1.29 is 26.4 Å². The molecule has 0 aliphatic carbocycles. The SMILES string of the molecule is CC1CCN(c2ccc(CNC(=O)[C@H](C)NS(=O)(=O)c3ccccc3C(F)(F)F)cn2)CC1. The molecule has 1 atom stereocenters. The van der Waals surface area contributed by atoms with Gasteiger partial charge in [-0.1, -0.05) is 25.1 Å². The second kappa shape index (κ2) is 10.1. The van der Waals surface area contributed by atoms with Gasteiger partial charge in [0.2, 0.25) is 15.9 Å². The van der Waals surface area contributed by atoms with Crippen molar-refractivity contribution >= 4 is 21.7 Å². The number of carbonyl (C=O) groups is 1. The van der Waals surface area contributed by atoms with E-state index in [4.69, 9.17) is 0 Å². The molecule has 3 rings (SSSR count). The molecular formula is C22H27F3N4O3S. The molecule has 2 aromatic rings. The van der Waals surface area contributed by atoms with Crippen LogP contribution in [0.5, 0.6) is 0 Å². The van der Waals surface area contributed by atoms with E-state index >= 15 is 0 Å². The number of amides is 1. The number of rotatable bonds is 7. The molecule has 0 unspecified atom stereocenters. The topological polar surface area (TPSA) is 91.4 Å². The number of piperidine rings is 1. The van der Waals surface area contributed by atoms with Gasteiger partial charge in [-0.25, -0.2) is 13.4 Å². The van der Waals surface area contributed by atoms with Crippen molar-refractivity contribution in [2.45, 2.75) is 50.3 Å². The van der Waals surface area contributed by atoms with Gasteiger partial charge in [0.15, 0.2) is 0 Å². The van der Waals surface area contributed by atoms with Crippen LogP contribution in [0.3, 0.4) is 0 Å². The fourth-order valence-corrected chi connectivity index (χ4v) is 5.00. The highest BCUT2D eigenvalue weighted by atomic mass is 32.2. The molecule has 0 spiro atoms. The molecule has 0 saturated carbocycles. The number of benzene rings is 1. The minimum absolute atomic E-state index is 0.106. The van der Waals surface area contributed by atoms with Crippen LogP contribution < -0.4 is 14.9 Å². The van der Waals surface area contributed by atoms with Gasteiger partial charge in [0, 0.05) is 25.8 Å². The predicted octanol–water partition coefficient (Wildman–Crippen LogP) is 3.32. The monoisotopic (exact) mass is 484 g/mol. The zero-order chi connectivity index (χ0) is 24.2. The van der Waals surface area contributed by atoms with Gasteiger partial charge in [-0.3, -0.25) is 4.79 Å². The van der Waals surface area contributed by atoms with Gasteiger partial charge in [-0.2, -0.15) is 17.9 Å². The highest BCUT2D eigenvalue weighted by molar-refractivity contribution is 7.89. The summed E-state index contributed by atoms with van der Waals surface area (Å²) in [6, 6.07) is 6.25. The number of alkyl halides is 3. The van der Waals surface area contributed by atoms with Crippen LogP contribution in [0.1, 0.15) is 37.8 Å². The van der Waals surface area contributed by atoms with Crippen molar-refractivity contribution in [1.29, 1.82) is 0 Å². The number of nitrogens with one attached hydrogen (secondary N) is 2. The first-order valence-corrected chi connectivity index (χ1v) is 12.1. The lowest BCUT2D eigenvalue weighted by Crippen LogP contribution is -2.44. The zero-order valence-electron chi connectivity index (χ0n) is 18.4. The Hall–Kier alpha value is -2.66. The normalized spacial score (nSPS) is 16.5. The van der Waals surface area contributed by atoms with E-state index in [9.17, 15) is 26.4 Å². The predicted molar refractivity (Wildman–Crippen MR) is 118 cm³/mol. The van der Waals surface area contributed by atoms with Gasteiger partial charge in [0.05, 0.1) is 16.5 Å². The summed E-state index contributed by atoms with van der Waals surface area (Å²) >= 11 is 0. The largest absolute Gasteiger partial charge is 0.417 e. The molecule has 180 valence electrons. The molecule has 0 bridgehead atoms. The third-order valence-electron chi connectivity index (χ3n) is 5.59. The molecule has 1 saturated heterocycles. The Morgan fingerprint density at radius 1 is 1.18 bits per heavy atom. The lowest BCUT2D eigenvalue weighted by atomic mass is 9.99. The molecule has 2 heterocycles. The number of carbonyl (C=O) groups excluding carboxylic acids is 1. The lowest BCUT2D eigenvalue weighted by molar-refractivity contribution is -0.139. The third-order valence-corrected chi connectivity index (χ3v) is 7.19. The molecule has 7 nitrogen and oxygen atoms in total.